The van der Waals surface area contributed by atoms with Crippen LogP contribution in [0.15, 0.2) is 183 Å². The number of nitrogens with zero attached hydrogens (tertiary/aromatic N) is 6. The van der Waals surface area contributed by atoms with Crippen LogP contribution in [-0.4, -0.2) is 29.9 Å². The molecule has 5 aromatic carbocycles. The minimum absolute atomic E-state index is 0.599. The number of aromatic nitrogens is 6. The van der Waals surface area contributed by atoms with Crippen LogP contribution in [0.5, 0.6) is 0 Å². The van der Waals surface area contributed by atoms with E-state index in [4.69, 9.17) is 19.9 Å². The van der Waals surface area contributed by atoms with Gasteiger partial charge in [-0.1, -0.05) is 109 Å². The Morgan fingerprint density at radius 2 is 0.673 bits per heavy atom. The van der Waals surface area contributed by atoms with Crippen LogP contribution in [0.1, 0.15) is 22.3 Å². The van der Waals surface area contributed by atoms with Gasteiger partial charge in [0.25, 0.3) is 0 Å². The molecule has 11 rings (SSSR count). The van der Waals surface area contributed by atoms with E-state index < -0.39 is 5.41 Å². The summed E-state index contributed by atoms with van der Waals surface area (Å²) >= 11 is 0. The van der Waals surface area contributed by atoms with Crippen molar-refractivity contribution in [3.63, 3.8) is 0 Å². The van der Waals surface area contributed by atoms with Crippen molar-refractivity contribution in [3.8, 4) is 78.7 Å². The molecule has 0 bridgehead atoms. The fourth-order valence-electron chi connectivity index (χ4n) is 8.66. The average Bonchev–Trinajstić information content (AvgIpc) is 3.52. The van der Waals surface area contributed by atoms with Gasteiger partial charge in [0.05, 0.1) is 5.41 Å². The normalized spacial score (nSPS) is 12.9. The van der Waals surface area contributed by atoms with E-state index in [1.165, 1.54) is 55.6 Å². The van der Waals surface area contributed by atoms with Crippen LogP contribution in [0, 0.1) is 0 Å². The molecule has 2 aliphatic rings. The first-order chi connectivity index (χ1) is 27.3. The number of hydrogen-bond donors (Lipinski definition) is 0. The van der Waals surface area contributed by atoms with E-state index in [0.29, 0.717) is 11.6 Å². The van der Waals surface area contributed by atoms with Crippen LogP contribution in [0.4, 0.5) is 0 Å². The number of benzene rings is 5. The summed E-state index contributed by atoms with van der Waals surface area (Å²) in [5, 5.41) is 0. The number of rotatable bonds is 4. The lowest BCUT2D eigenvalue weighted by Crippen LogP contribution is -2.29. The highest BCUT2D eigenvalue weighted by Gasteiger charge is 2.49. The quantitative estimate of drug-likeness (QED) is 0.182. The van der Waals surface area contributed by atoms with E-state index >= 15 is 0 Å². The molecule has 9 aromatic rings. The zero-order valence-electron chi connectivity index (χ0n) is 29.5. The van der Waals surface area contributed by atoms with Gasteiger partial charge in [-0.05, 0) is 103 Å². The molecule has 0 saturated heterocycles. The molecule has 6 heteroatoms. The molecule has 4 heterocycles. The third-order valence-electron chi connectivity index (χ3n) is 11.1. The lowest BCUT2D eigenvalue weighted by Gasteiger charge is -2.36. The molecule has 55 heavy (non-hydrogen) atoms. The monoisotopic (exact) mass is 702 g/mol. The predicted molar refractivity (Wildman–Crippen MR) is 217 cm³/mol. The maximum absolute atomic E-state index is 4.77. The minimum atomic E-state index is -0.660. The molecule has 0 atom stereocenters. The van der Waals surface area contributed by atoms with Crippen LogP contribution in [0.25, 0.3) is 78.7 Å². The molecule has 0 unspecified atom stereocenters. The first-order valence-electron chi connectivity index (χ1n) is 18.3. The third-order valence-corrected chi connectivity index (χ3v) is 11.1. The van der Waals surface area contributed by atoms with Gasteiger partial charge in [-0.15, -0.1) is 0 Å². The van der Waals surface area contributed by atoms with E-state index in [9.17, 15) is 0 Å². The lowest BCUT2D eigenvalue weighted by atomic mass is 9.65. The van der Waals surface area contributed by atoms with Crippen LogP contribution in [-0.2, 0) is 5.41 Å². The standard InChI is InChI=1S/C49H30N6/c1-2-12-36-35(11-1)39-21-19-31(33-27-52-47(53-28-33)45-17-7-9-23-50-45)25-43(39)49(41-15-5-3-13-37(41)38-14-4-6-16-42(38)49)44-26-32(20-22-40(36)44)34-29-54-48(55-30-34)46-18-8-10-24-51-46/h1-30H. The maximum atomic E-state index is 4.77. The second-order valence-corrected chi connectivity index (χ2v) is 13.9. The van der Waals surface area contributed by atoms with E-state index in [1.54, 1.807) is 12.4 Å². The lowest BCUT2D eigenvalue weighted by molar-refractivity contribution is 0.776. The van der Waals surface area contributed by atoms with Crippen molar-refractivity contribution in [1.29, 1.82) is 0 Å². The van der Waals surface area contributed by atoms with Crippen molar-refractivity contribution in [1.82, 2.24) is 29.9 Å². The molecular formula is C49H30N6. The van der Waals surface area contributed by atoms with E-state index in [-0.39, 0.29) is 0 Å². The first-order valence-corrected chi connectivity index (χ1v) is 18.3. The Labute approximate surface area is 318 Å². The summed E-state index contributed by atoms with van der Waals surface area (Å²) in [5.41, 5.74) is 17.0. The second kappa shape index (κ2) is 12.3. The minimum Gasteiger partial charge on any atom is -0.253 e. The Morgan fingerprint density at radius 3 is 1.09 bits per heavy atom. The molecule has 6 nitrogen and oxygen atoms in total. The van der Waals surface area contributed by atoms with Crippen molar-refractivity contribution in [2.45, 2.75) is 5.41 Å². The Hall–Kier alpha value is -7.44. The number of hydrogen-bond acceptors (Lipinski definition) is 6. The Morgan fingerprint density at radius 1 is 0.291 bits per heavy atom. The van der Waals surface area contributed by atoms with Crippen LogP contribution in [0.2, 0.25) is 0 Å². The van der Waals surface area contributed by atoms with Crippen molar-refractivity contribution >= 4 is 0 Å². The van der Waals surface area contributed by atoms with Crippen LogP contribution >= 0.6 is 0 Å². The second-order valence-electron chi connectivity index (χ2n) is 13.9. The van der Waals surface area contributed by atoms with Gasteiger partial charge in [-0.25, -0.2) is 19.9 Å². The van der Waals surface area contributed by atoms with Gasteiger partial charge in [0, 0.05) is 48.3 Å². The zero-order chi connectivity index (χ0) is 36.3. The summed E-state index contributed by atoms with van der Waals surface area (Å²) in [4.78, 5) is 28.0. The van der Waals surface area contributed by atoms with Gasteiger partial charge in [0.1, 0.15) is 11.4 Å². The smallest absolute Gasteiger partial charge is 0.178 e. The van der Waals surface area contributed by atoms with Crippen molar-refractivity contribution < 1.29 is 0 Å². The highest BCUT2D eigenvalue weighted by atomic mass is 14.9. The van der Waals surface area contributed by atoms with E-state index in [1.807, 2.05) is 61.2 Å². The molecule has 0 saturated carbocycles. The van der Waals surface area contributed by atoms with Crippen molar-refractivity contribution in [3.05, 3.63) is 205 Å². The molecule has 1 spiro atoms. The molecular weight excluding hydrogens is 673 g/mol. The summed E-state index contributed by atoms with van der Waals surface area (Å²) in [6.07, 6.45) is 11.2. The van der Waals surface area contributed by atoms with Gasteiger partial charge in [-0.3, -0.25) is 9.97 Å². The topological polar surface area (TPSA) is 77.3 Å². The highest BCUT2D eigenvalue weighted by molar-refractivity contribution is 5.98. The van der Waals surface area contributed by atoms with Gasteiger partial charge in [0.15, 0.2) is 11.6 Å². The third kappa shape index (κ3) is 4.75. The van der Waals surface area contributed by atoms with Crippen molar-refractivity contribution in [2.24, 2.45) is 0 Å². The SMILES string of the molecule is c1ccc(-c2ncc(-c3ccc4c(c3)C3(c5cc(-c6cnc(-c7ccccn7)nc6)ccc5-c5ccccc5-4)c4ccccc4-c4ccccc43)cn2)nc1. The van der Waals surface area contributed by atoms with Crippen LogP contribution < -0.4 is 0 Å². The Kier molecular flexibility index (Phi) is 6.97. The summed E-state index contributed by atoms with van der Waals surface area (Å²) < 4.78 is 0. The fourth-order valence-corrected chi connectivity index (χ4v) is 8.66. The maximum Gasteiger partial charge on any atom is 0.178 e. The molecule has 0 N–H and O–H groups in total. The summed E-state index contributed by atoms with van der Waals surface area (Å²) in [6, 6.07) is 51.9. The van der Waals surface area contributed by atoms with Crippen molar-refractivity contribution in [2.75, 3.05) is 0 Å². The summed E-state index contributed by atoms with van der Waals surface area (Å²) in [7, 11) is 0. The molecule has 4 aromatic heterocycles. The molecule has 0 aliphatic heterocycles. The van der Waals surface area contributed by atoms with Gasteiger partial charge in [-0.2, -0.15) is 0 Å². The zero-order valence-corrected chi connectivity index (χ0v) is 29.5. The van der Waals surface area contributed by atoms with E-state index in [2.05, 4.69) is 119 Å². The fraction of sp³-hybridized carbons (Fsp3) is 0.0204. The summed E-state index contributed by atoms with van der Waals surface area (Å²) in [5.74, 6) is 1.20. The molecule has 256 valence electrons. The largest absolute Gasteiger partial charge is 0.253 e. The first kappa shape index (κ1) is 31.1. The predicted octanol–water partition coefficient (Wildman–Crippen LogP) is 10.7. The van der Waals surface area contributed by atoms with E-state index in [0.717, 1.165) is 33.6 Å². The van der Waals surface area contributed by atoms with Gasteiger partial charge >= 0.3 is 0 Å². The number of pyridine rings is 2. The molecule has 2 aliphatic carbocycles. The Bertz CT molecular complexity index is 2710. The molecule has 0 amide bonds. The average molecular weight is 703 g/mol. The number of fused-ring (bicyclic) bond motifs is 12. The van der Waals surface area contributed by atoms with Crippen LogP contribution in [0.3, 0.4) is 0 Å². The Balaban J connectivity index is 1.19. The summed E-state index contributed by atoms with van der Waals surface area (Å²) in [6.45, 7) is 0. The van der Waals surface area contributed by atoms with Gasteiger partial charge < -0.3 is 0 Å². The highest BCUT2D eigenvalue weighted by Crippen LogP contribution is 2.62. The molecule has 0 fully saturated rings. The van der Waals surface area contributed by atoms with Gasteiger partial charge in [0.2, 0.25) is 0 Å². The molecule has 0 radical (unpaired) electrons.